The third-order valence-corrected chi connectivity index (χ3v) is 3.98. The molecule has 5 N–H and O–H groups in total. The largest absolute Gasteiger partial charge is 0.394 e. The molecule has 9 nitrogen and oxygen atoms in total. The predicted molar refractivity (Wildman–Crippen MR) is 88.7 cm³/mol. The van der Waals surface area contributed by atoms with Gasteiger partial charge in [-0.05, 0) is 25.0 Å². The number of carbonyl (C=O) groups is 1. The van der Waals surface area contributed by atoms with Gasteiger partial charge in [-0.3, -0.25) is 4.79 Å². The number of benzene rings is 1. The van der Waals surface area contributed by atoms with Crippen LogP contribution in [0.4, 0.5) is 0 Å². The molecule has 0 radical (unpaired) electrons. The summed E-state index contributed by atoms with van der Waals surface area (Å²) < 4.78 is 6.50. The molecule has 1 aliphatic heterocycles. The molecule has 0 spiro atoms. The molecular formula is C17H18N4O5. The third kappa shape index (κ3) is 3.44. The average Bonchev–Trinajstić information content (AvgIpc) is 3.16. The summed E-state index contributed by atoms with van der Waals surface area (Å²) in [5.41, 5.74) is 7.02. The van der Waals surface area contributed by atoms with Crippen molar-refractivity contribution in [1.29, 1.82) is 0 Å². The second-order valence-electron chi connectivity index (χ2n) is 5.91. The van der Waals surface area contributed by atoms with Gasteiger partial charge in [0.1, 0.15) is 18.3 Å². The van der Waals surface area contributed by atoms with Crippen molar-refractivity contribution in [3.05, 3.63) is 47.0 Å². The highest BCUT2D eigenvalue weighted by Gasteiger charge is 2.44. The highest BCUT2D eigenvalue weighted by Crippen LogP contribution is 2.29. The maximum atomic E-state index is 11.4. The lowest BCUT2D eigenvalue weighted by atomic mass is 10.1. The van der Waals surface area contributed by atoms with Gasteiger partial charge in [0, 0.05) is 5.56 Å². The molecule has 1 fully saturated rings. The lowest BCUT2D eigenvalue weighted by Gasteiger charge is -2.15. The number of aliphatic hydroxyl groups excluding tert-OH is 3. The topological polar surface area (TPSA) is 144 Å². The maximum Gasteiger partial charge on any atom is 0.288 e. The van der Waals surface area contributed by atoms with Gasteiger partial charge in [0.05, 0.1) is 6.61 Å². The second-order valence-corrected chi connectivity index (χ2v) is 5.91. The van der Waals surface area contributed by atoms with Gasteiger partial charge in [-0.2, -0.15) is 4.98 Å². The Kier molecular flexibility index (Phi) is 5.01. The Labute approximate surface area is 149 Å². The molecule has 0 bridgehead atoms. The van der Waals surface area contributed by atoms with Gasteiger partial charge >= 0.3 is 0 Å². The van der Waals surface area contributed by atoms with Crippen molar-refractivity contribution in [3.63, 3.8) is 0 Å². The smallest absolute Gasteiger partial charge is 0.288 e. The van der Waals surface area contributed by atoms with Crippen LogP contribution in [-0.2, 0) is 4.74 Å². The van der Waals surface area contributed by atoms with E-state index in [4.69, 9.17) is 10.5 Å². The molecular weight excluding hydrogens is 340 g/mol. The summed E-state index contributed by atoms with van der Waals surface area (Å²) in [7, 11) is 0. The van der Waals surface area contributed by atoms with Gasteiger partial charge in [0.25, 0.3) is 5.91 Å². The number of rotatable bonds is 3. The first kappa shape index (κ1) is 18.0. The van der Waals surface area contributed by atoms with E-state index in [0.717, 1.165) is 10.2 Å². The van der Waals surface area contributed by atoms with Crippen molar-refractivity contribution in [1.82, 2.24) is 14.8 Å². The van der Waals surface area contributed by atoms with E-state index in [2.05, 4.69) is 21.9 Å². The molecule has 2 heterocycles. The number of ether oxygens (including phenoxy) is 1. The number of amides is 1. The molecule has 1 aromatic heterocycles. The number of nitrogens with zero attached hydrogens (tertiary/aromatic N) is 3. The Hall–Kier alpha value is -2.77. The standard InChI is InChI=1S/C17H18N4O5/c1-9-2-4-10(5-3-9)6-7-12-19-16(15(18)25)20-21(12)17-14(24)13(23)11(8-22)26-17/h2-5,11,13-14,17,22-24H,8H2,1H3,(H2,18,25)/t11-,13-,14-,17-/m1/s1. The van der Waals surface area contributed by atoms with Gasteiger partial charge in [-0.25, -0.2) is 4.68 Å². The van der Waals surface area contributed by atoms with Crippen LogP contribution in [0, 0.1) is 18.8 Å². The minimum absolute atomic E-state index is 0.0363. The number of aliphatic hydroxyl groups is 3. The SMILES string of the molecule is Cc1ccc(C#Cc2nc(C(N)=O)nn2[C@@H]2O[C@H](CO)[C@@H](O)[C@H]2O)cc1. The van der Waals surface area contributed by atoms with E-state index in [-0.39, 0.29) is 11.6 Å². The van der Waals surface area contributed by atoms with E-state index in [1.807, 2.05) is 31.2 Å². The number of aryl methyl sites for hydroxylation is 1. The molecule has 26 heavy (non-hydrogen) atoms. The van der Waals surface area contributed by atoms with Crippen molar-refractivity contribution in [2.75, 3.05) is 6.61 Å². The number of nitrogens with two attached hydrogens (primary N) is 1. The summed E-state index contributed by atoms with van der Waals surface area (Å²) in [5.74, 6) is 4.52. The van der Waals surface area contributed by atoms with E-state index >= 15 is 0 Å². The first-order chi connectivity index (χ1) is 12.4. The minimum Gasteiger partial charge on any atom is -0.394 e. The van der Waals surface area contributed by atoms with Crippen LogP contribution in [0.15, 0.2) is 24.3 Å². The van der Waals surface area contributed by atoms with E-state index in [1.165, 1.54) is 0 Å². The summed E-state index contributed by atoms with van der Waals surface area (Å²) in [5, 5.41) is 33.2. The summed E-state index contributed by atoms with van der Waals surface area (Å²) in [6.45, 7) is 1.46. The molecule has 1 aliphatic rings. The minimum atomic E-state index is -1.38. The summed E-state index contributed by atoms with van der Waals surface area (Å²) in [6, 6.07) is 7.44. The van der Waals surface area contributed by atoms with Crippen molar-refractivity contribution in [2.45, 2.75) is 31.5 Å². The normalized spacial score (nSPS) is 24.9. The van der Waals surface area contributed by atoms with Gasteiger partial charge in [0.2, 0.25) is 11.6 Å². The zero-order valence-electron chi connectivity index (χ0n) is 13.9. The van der Waals surface area contributed by atoms with Crippen LogP contribution in [0.5, 0.6) is 0 Å². The average molecular weight is 358 g/mol. The zero-order chi connectivity index (χ0) is 18.8. The fraction of sp³-hybridized carbons (Fsp3) is 0.353. The second kappa shape index (κ2) is 7.23. The Morgan fingerprint density at radius 3 is 2.54 bits per heavy atom. The van der Waals surface area contributed by atoms with Crippen LogP contribution in [-0.4, -0.2) is 60.9 Å². The Balaban J connectivity index is 1.98. The molecule has 9 heteroatoms. The van der Waals surface area contributed by atoms with Gasteiger partial charge in [-0.15, -0.1) is 5.10 Å². The molecule has 0 unspecified atom stereocenters. The lowest BCUT2D eigenvalue weighted by Crippen LogP contribution is -2.33. The number of primary amides is 1. The molecule has 1 amide bonds. The monoisotopic (exact) mass is 358 g/mol. The molecule has 2 aromatic rings. The van der Waals surface area contributed by atoms with Crippen LogP contribution in [0.2, 0.25) is 0 Å². The van der Waals surface area contributed by atoms with Crippen LogP contribution in [0.1, 0.15) is 33.8 Å². The quantitative estimate of drug-likeness (QED) is 0.499. The predicted octanol–water partition coefficient (Wildman–Crippen LogP) is -1.30. The van der Waals surface area contributed by atoms with Crippen LogP contribution < -0.4 is 5.73 Å². The van der Waals surface area contributed by atoms with Gasteiger partial charge < -0.3 is 25.8 Å². The molecule has 4 atom stereocenters. The van der Waals surface area contributed by atoms with E-state index in [1.54, 1.807) is 0 Å². The van der Waals surface area contributed by atoms with Crippen LogP contribution in [0.25, 0.3) is 0 Å². The van der Waals surface area contributed by atoms with Crippen LogP contribution >= 0.6 is 0 Å². The van der Waals surface area contributed by atoms with Crippen molar-refractivity contribution in [3.8, 4) is 11.8 Å². The number of hydrogen-bond acceptors (Lipinski definition) is 7. The van der Waals surface area contributed by atoms with E-state index in [9.17, 15) is 20.1 Å². The first-order valence-corrected chi connectivity index (χ1v) is 7.88. The highest BCUT2D eigenvalue weighted by atomic mass is 16.6. The first-order valence-electron chi connectivity index (χ1n) is 7.88. The fourth-order valence-electron chi connectivity index (χ4n) is 2.54. The number of carbonyl (C=O) groups excluding carboxylic acids is 1. The molecule has 3 rings (SSSR count). The number of hydrogen-bond donors (Lipinski definition) is 4. The van der Waals surface area contributed by atoms with E-state index in [0.29, 0.717) is 5.56 Å². The molecule has 1 saturated heterocycles. The lowest BCUT2D eigenvalue weighted by molar-refractivity contribution is -0.0592. The summed E-state index contributed by atoms with van der Waals surface area (Å²) >= 11 is 0. The number of aromatic nitrogens is 3. The van der Waals surface area contributed by atoms with Gasteiger partial charge in [0.15, 0.2) is 6.23 Å². The molecule has 0 aliphatic carbocycles. The Morgan fingerprint density at radius 2 is 1.96 bits per heavy atom. The summed E-state index contributed by atoms with van der Waals surface area (Å²) in [6.07, 6.45) is -4.85. The van der Waals surface area contributed by atoms with E-state index < -0.39 is 37.1 Å². The van der Waals surface area contributed by atoms with Crippen LogP contribution in [0.3, 0.4) is 0 Å². The van der Waals surface area contributed by atoms with Crippen molar-refractivity contribution >= 4 is 5.91 Å². The molecule has 136 valence electrons. The van der Waals surface area contributed by atoms with Crippen molar-refractivity contribution < 1.29 is 24.9 Å². The maximum absolute atomic E-state index is 11.4. The molecule has 0 saturated carbocycles. The van der Waals surface area contributed by atoms with Gasteiger partial charge in [-0.1, -0.05) is 23.6 Å². The third-order valence-electron chi connectivity index (χ3n) is 3.98. The Bertz CT molecular complexity index is 868. The zero-order valence-corrected chi connectivity index (χ0v) is 13.9. The van der Waals surface area contributed by atoms with Crippen molar-refractivity contribution in [2.24, 2.45) is 5.73 Å². The highest BCUT2D eigenvalue weighted by molar-refractivity contribution is 5.88. The Morgan fingerprint density at radius 1 is 1.27 bits per heavy atom. The molecule has 1 aromatic carbocycles. The fourth-order valence-corrected chi connectivity index (χ4v) is 2.54. The summed E-state index contributed by atoms with van der Waals surface area (Å²) in [4.78, 5) is 15.4.